The quantitative estimate of drug-likeness (QED) is 0.345. The molecule has 3 rings (SSSR count). The van der Waals surface area contributed by atoms with Crippen molar-refractivity contribution in [2.24, 2.45) is 0 Å². The van der Waals surface area contributed by atoms with Crippen molar-refractivity contribution in [3.8, 4) is 5.75 Å². The van der Waals surface area contributed by atoms with Gasteiger partial charge in [-0.2, -0.15) is 0 Å². The second-order valence-corrected chi connectivity index (χ2v) is 7.52. The molecule has 0 amide bonds. The molecule has 168 valence electrons. The van der Waals surface area contributed by atoms with Gasteiger partial charge >= 0.3 is 5.97 Å². The van der Waals surface area contributed by atoms with Crippen molar-refractivity contribution in [2.75, 3.05) is 49.2 Å². The molecule has 0 aliphatic carbocycles. The molecule has 31 heavy (non-hydrogen) atoms. The predicted octanol–water partition coefficient (Wildman–Crippen LogP) is 1.42. The van der Waals surface area contributed by atoms with E-state index in [0.717, 1.165) is 31.7 Å². The van der Waals surface area contributed by atoms with Gasteiger partial charge in [0.2, 0.25) is 0 Å². The lowest BCUT2D eigenvalue weighted by Crippen LogP contribution is -2.45. The zero-order chi connectivity index (χ0) is 22.2. The minimum atomic E-state index is -0.657. The van der Waals surface area contributed by atoms with Gasteiger partial charge in [0, 0.05) is 31.9 Å². The summed E-state index contributed by atoms with van der Waals surface area (Å²) in [5, 5.41) is 13.6. The summed E-state index contributed by atoms with van der Waals surface area (Å²) < 4.78 is 10.6. The molecule has 1 aliphatic rings. The van der Waals surface area contributed by atoms with Crippen LogP contribution >= 0.6 is 0 Å². The number of nitrogens with two attached hydrogens (primary N) is 2. The van der Waals surface area contributed by atoms with E-state index in [1.165, 1.54) is 0 Å². The number of nitrogen functional groups attached to an aromatic ring is 2. The summed E-state index contributed by atoms with van der Waals surface area (Å²) in [4.78, 5) is 18.3. The van der Waals surface area contributed by atoms with E-state index in [9.17, 15) is 9.90 Å². The van der Waals surface area contributed by atoms with Crippen molar-refractivity contribution in [1.82, 2.24) is 10.3 Å². The summed E-state index contributed by atoms with van der Waals surface area (Å²) in [6, 6.07) is 9.10. The monoisotopic (exact) mass is 429 g/mol. The number of aliphatic hydroxyl groups excluding tert-OH is 1. The summed E-state index contributed by atoms with van der Waals surface area (Å²) in [6.07, 6.45) is 2.76. The number of esters is 1. The van der Waals surface area contributed by atoms with E-state index in [-0.39, 0.29) is 12.6 Å². The van der Waals surface area contributed by atoms with Crippen LogP contribution in [0.4, 0.5) is 17.2 Å². The van der Waals surface area contributed by atoms with Crippen LogP contribution in [-0.2, 0) is 4.74 Å². The van der Waals surface area contributed by atoms with Crippen LogP contribution in [0.25, 0.3) is 0 Å². The van der Waals surface area contributed by atoms with Gasteiger partial charge in [0.25, 0.3) is 0 Å². The number of anilines is 3. The van der Waals surface area contributed by atoms with Crippen LogP contribution in [0.5, 0.6) is 5.75 Å². The SMILES string of the molecule is CCOC(=O)c1ccc(N2CCC(NCC(O)COc3cccc(N)c3N)CC2)nc1. The smallest absolute Gasteiger partial charge is 0.339 e. The minimum Gasteiger partial charge on any atom is -0.489 e. The van der Waals surface area contributed by atoms with Crippen LogP contribution in [0.3, 0.4) is 0 Å². The molecule has 0 saturated carbocycles. The second kappa shape index (κ2) is 10.8. The molecule has 9 nitrogen and oxygen atoms in total. The van der Waals surface area contributed by atoms with Gasteiger partial charge in [-0.25, -0.2) is 9.78 Å². The summed E-state index contributed by atoms with van der Waals surface area (Å²) >= 11 is 0. The first kappa shape index (κ1) is 22.6. The van der Waals surface area contributed by atoms with Gasteiger partial charge in [-0.3, -0.25) is 0 Å². The van der Waals surface area contributed by atoms with E-state index in [1.807, 2.05) is 6.07 Å². The van der Waals surface area contributed by atoms with Crippen LogP contribution < -0.4 is 26.4 Å². The Labute approximate surface area is 182 Å². The van der Waals surface area contributed by atoms with Crippen molar-refractivity contribution in [3.63, 3.8) is 0 Å². The summed E-state index contributed by atoms with van der Waals surface area (Å²) in [5.74, 6) is 0.971. The lowest BCUT2D eigenvalue weighted by molar-refractivity contribution is 0.0526. The standard InChI is InChI=1S/C22H31N5O4/c1-2-30-22(29)15-6-7-20(26-12-15)27-10-8-16(9-11-27)25-13-17(28)14-31-19-5-3-4-18(23)21(19)24/h3-7,12,16-17,25,28H,2,8-11,13-14,23-24H2,1H3. The van der Waals surface area contributed by atoms with Gasteiger partial charge in [0.1, 0.15) is 24.3 Å². The third kappa shape index (κ3) is 6.22. The number of hydrogen-bond acceptors (Lipinski definition) is 9. The number of hydrogen-bond donors (Lipinski definition) is 4. The zero-order valence-electron chi connectivity index (χ0n) is 17.8. The number of para-hydroxylation sites is 1. The first-order valence-electron chi connectivity index (χ1n) is 10.5. The summed E-state index contributed by atoms with van der Waals surface area (Å²) in [7, 11) is 0. The molecule has 2 aromatic rings. The van der Waals surface area contributed by atoms with Crippen LogP contribution in [0.15, 0.2) is 36.5 Å². The Morgan fingerprint density at radius 3 is 2.74 bits per heavy atom. The molecule has 1 aromatic heterocycles. The first-order valence-corrected chi connectivity index (χ1v) is 10.5. The maximum Gasteiger partial charge on any atom is 0.339 e. The van der Waals surface area contributed by atoms with Crippen molar-refractivity contribution < 1.29 is 19.4 Å². The molecule has 0 bridgehead atoms. The van der Waals surface area contributed by atoms with E-state index < -0.39 is 6.10 Å². The molecule has 1 aromatic carbocycles. The fourth-order valence-electron chi connectivity index (χ4n) is 3.46. The fourth-order valence-corrected chi connectivity index (χ4v) is 3.46. The normalized spacial score (nSPS) is 15.5. The largest absolute Gasteiger partial charge is 0.489 e. The molecular weight excluding hydrogens is 398 g/mol. The number of aliphatic hydroxyl groups is 1. The van der Waals surface area contributed by atoms with Gasteiger partial charge in [-0.1, -0.05) is 6.07 Å². The average Bonchev–Trinajstić information content (AvgIpc) is 2.79. The lowest BCUT2D eigenvalue weighted by Gasteiger charge is -2.33. The second-order valence-electron chi connectivity index (χ2n) is 7.52. The molecule has 1 aliphatic heterocycles. The van der Waals surface area contributed by atoms with E-state index in [4.69, 9.17) is 20.9 Å². The Morgan fingerprint density at radius 2 is 2.06 bits per heavy atom. The fraction of sp³-hybridized carbons (Fsp3) is 0.455. The minimum absolute atomic E-state index is 0.135. The Morgan fingerprint density at radius 1 is 1.29 bits per heavy atom. The van der Waals surface area contributed by atoms with Gasteiger partial charge in [-0.15, -0.1) is 0 Å². The molecule has 0 spiro atoms. The van der Waals surface area contributed by atoms with Crippen LogP contribution in [0.2, 0.25) is 0 Å². The molecule has 9 heteroatoms. The highest BCUT2D eigenvalue weighted by atomic mass is 16.5. The number of piperidine rings is 1. The Hall–Kier alpha value is -3.04. The van der Waals surface area contributed by atoms with E-state index in [2.05, 4.69) is 15.2 Å². The number of carbonyl (C=O) groups excluding carboxylic acids is 1. The third-order valence-electron chi connectivity index (χ3n) is 5.25. The molecule has 1 atom stereocenters. The summed E-state index contributed by atoms with van der Waals surface area (Å²) in [6.45, 7) is 4.37. The number of rotatable bonds is 9. The molecule has 6 N–H and O–H groups in total. The first-order chi connectivity index (χ1) is 15.0. The highest BCUT2D eigenvalue weighted by molar-refractivity contribution is 5.89. The van der Waals surface area contributed by atoms with Crippen LogP contribution in [-0.4, -0.2) is 61.1 Å². The molecule has 1 saturated heterocycles. The average molecular weight is 430 g/mol. The number of aromatic nitrogens is 1. The van der Waals surface area contributed by atoms with E-state index >= 15 is 0 Å². The van der Waals surface area contributed by atoms with Gasteiger partial charge < -0.3 is 36.3 Å². The molecule has 1 fully saturated rings. The highest BCUT2D eigenvalue weighted by Gasteiger charge is 2.21. The topological polar surface area (TPSA) is 136 Å². The number of nitrogens with one attached hydrogen (secondary N) is 1. The van der Waals surface area contributed by atoms with Crippen LogP contribution in [0.1, 0.15) is 30.1 Å². The van der Waals surface area contributed by atoms with Crippen molar-refractivity contribution >= 4 is 23.2 Å². The molecule has 0 radical (unpaired) electrons. The van der Waals surface area contributed by atoms with Crippen molar-refractivity contribution in [1.29, 1.82) is 0 Å². The number of pyridine rings is 1. The van der Waals surface area contributed by atoms with E-state index in [0.29, 0.717) is 41.9 Å². The maximum absolute atomic E-state index is 11.7. The Bertz CT molecular complexity index is 853. The lowest BCUT2D eigenvalue weighted by atomic mass is 10.0. The number of benzene rings is 1. The van der Waals surface area contributed by atoms with Crippen molar-refractivity contribution in [3.05, 3.63) is 42.1 Å². The van der Waals surface area contributed by atoms with Crippen molar-refractivity contribution in [2.45, 2.75) is 31.9 Å². The van der Waals surface area contributed by atoms with E-state index in [1.54, 1.807) is 37.4 Å². The zero-order valence-corrected chi connectivity index (χ0v) is 17.8. The maximum atomic E-state index is 11.7. The third-order valence-corrected chi connectivity index (χ3v) is 5.25. The number of carbonyl (C=O) groups is 1. The predicted molar refractivity (Wildman–Crippen MR) is 120 cm³/mol. The Kier molecular flexibility index (Phi) is 7.91. The summed E-state index contributed by atoms with van der Waals surface area (Å²) in [5.41, 5.74) is 12.9. The molecule has 1 unspecified atom stereocenters. The molecule has 2 heterocycles. The van der Waals surface area contributed by atoms with Gasteiger partial charge in [0.05, 0.1) is 23.5 Å². The molecular formula is C22H31N5O4. The Balaban J connectivity index is 1.39. The van der Waals surface area contributed by atoms with Crippen LogP contribution in [0, 0.1) is 0 Å². The number of nitrogens with zero attached hydrogens (tertiary/aromatic N) is 2. The highest BCUT2D eigenvalue weighted by Crippen LogP contribution is 2.26. The number of ether oxygens (including phenoxy) is 2. The van der Waals surface area contributed by atoms with Gasteiger partial charge in [0.15, 0.2) is 0 Å². The van der Waals surface area contributed by atoms with Gasteiger partial charge in [-0.05, 0) is 44.0 Å².